The van der Waals surface area contributed by atoms with Crippen molar-refractivity contribution in [3.05, 3.63) is 21.3 Å². The van der Waals surface area contributed by atoms with Gasteiger partial charge in [-0.15, -0.1) is 11.3 Å². The second kappa shape index (κ2) is 4.10. The number of nitrogens with two attached hydrogens (primary N) is 1. The van der Waals surface area contributed by atoms with Gasteiger partial charge < -0.3 is 5.73 Å². The van der Waals surface area contributed by atoms with E-state index in [1.54, 1.807) is 11.3 Å². The lowest BCUT2D eigenvalue weighted by Gasteiger charge is -2.05. The summed E-state index contributed by atoms with van der Waals surface area (Å²) in [5.41, 5.74) is 5.87. The fourth-order valence-corrected chi connectivity index (χ4v) is 2.08. The zero-order valence-corrected chi connectivity index (χ0v) is 8.08. The van der Waals surface area contributed by atoms with Crippen molar-refractivity contribution in [1.29, 1.82) is 0 Å². The SMILES string of the molecule is CCC[C@@H](N)c1ccc(Cl)s1. The van der Waals surface area contributed by atoms with Crippen molar-refractivity contribution in [2.75, 3.05) is 0 Å². The third-order valence-corrected chi connectivity index (χ3v) is 2.92. The summed E-state index contributed by atoms with van der Waals surface area (Å²) < 4.78 is 0.826. The second-order valence-corrected chi connectivity index (χ2v) is 4.28. The maximum Gasteiger partial charge on any atom is 0.0931 e. The molecule has 62 valence electrons. The molecule has 0 fully saturated rings. The highest BCUT2D eigenvalue weighted by atomic mass is 35.5. The van der Waals surface area contributed by atoms with E-state index in [4.69, 9.17) is 17.3 Å². The van der Waals surface area contributed by atoms with E-state index in [1.165, 1.54) is 4.88 Å². The van der Waals surface area contributed by atoms with E-state index in [1.807, 2.05) is 12.1 Å². The zero-order valence-electron chi connectivity index (χ0n) is 6.51. The van der Waals surface area contributed by atoms with Crippen molar-refractivity contribution in [3.63, 3.8) is 0 Å². The van der Waals surface area contributed by atoms with Crippen molar-refractivity contribution in [2.45, 2.75) is 25.8 Å². The first-order chi connectivity index (χ1) is 5.24. The van der Waals surface area contributed by atoms with Gasteiger partial charge in [0, 0.05) is 10.9 Å². The van der Waals surface area contributed by atoms with E-state index in [0.29, 0.717) is 0 Å². The molecule has 1 aromatic heterocycles. The van der Waals surface area contributed by atoms with E-state index < -0.39 is 0 Å². The zero-order chi connectivity index (χ0) is 8.27. The predicted octanol–water partition coefficient (Wildman–Crippen LogP) is 3.20. The smallest absolute Gasteiger partial charge is 0.0931 e. The Labute approximate surface area is 76.2 Å². The Hall–Kier alpha value is -0.0500. The van der Waals surface area contributed by atoms with Crippen molar-refractivity contribution >= 4 is 22.9 Å². The fourth-order valence-electron chi connectivity index (χ4n) is 0.981. The topological polar surface area (TPSA) is 26.0 Å². The summed E-state index contributed by atoms with van der Waals surface area (Å²) in [7, 11) is 0. The number of hydrogen-bond acceptors (Lipinski definition) is 2. The lowest BCUT2D eigenvalue weighted by Crippen LogP contribution is -2.07. The molecule has 1 heterocycles. The van der Waals surface area contributed by atoms with Crippen molar-refractivity contribution in [3.8, 4) is 0 Å². The molecular weight excluding hydrogens is 178 g/mol. The first-order valence-corrected chi connectivity index (χ1v) is 4.94. The molecule has 0 bridgehead atoms. The molecule has 2 N–H and O–H groups in total. The summed E-state index contributed by atoms with van der Waals surface area (Å²) in [6.45, 7) is 2.13. The van der Waals surface area contributed by atoms with Crippen molar-refractivity contribution in [1.82, 2.24) is 0 Å². The van der Waals surface area contributed by atoms with E-state index in [0.717, 1.165) is 17.2 Å². The molecule has 0 aliphatic heterocycles. The average Bonchev–Trinajstić information content (AvgIpc) is 2.36. The molecule has 11 heavy (non-hydrogen) atoms. The molecule has 1 atom stereocenters. The highest BCUT2D eigenvalue weighted by molar-refractivity contribution is 7.16. The van der Waals surface area contributed by atoms with Crippen molar-refractivity contribution < 1.29 is 0 Å². The van der Waals surface area contributed by atoms with Crippen LogP contribution in [0.4, 0.5) is 0 Å². The predicted molar refractivity (Wildman–Crippen MR) is 51.2 cm³/mol. The number of halogens is 1. The van der Waals surface area contributed by atoms with Gasteiger partial charge in [0.25, 0.3) is 0 Å². The Kier molecular flexibility index (Phi) is 3.37. The normalized spacial score (nSPS) is 13.4. The minimum absolute atomic E-state index is 0.178. The standard InChI is InChI=1S/C8H12ClNS/c1-2-3-6(10)7-4-5-8(9)11-7/h4-6H,2-3,10H2,1H3/t6-/m1/s1. The van der Waals surface area contributed by atoms with Gasteiger partial charge >= 0.3 is 0 Å². The molecule has 0 spiro atoms. The lowest BCUT2D eigenvalue weighted by atomic mass is 10.1. The Morgan fingerprint density at radius 3 is 2.82 bits per heavy atom. The van der Waals surface area contributed by atoms with Crippen molar-refractivity contribution in [2.24, 2.45) is 5.73 Å². The third-order valence-electron chi connectivity index (χ3n) is 1.56. The highest BCUT2D eigenvalue weighted by Crippen LogP contribution is 2.27. The van der Waals surface area contributed by atoms with E-state index in [9.17, 15) is 0 Å². The Morgan fingerprint density at radius 2 is 2.36 bits per heavy atom. The van der Waals surface area contributed by atoms with Gasteiger partial charge in [0.15, 0.2) is 0 Å². The molecular formula is C8H12ClNS. The van der Waals surface area contributed by atoms with Crippen LogP contribution in [0.1, 0.15) is 30.7 Å². The molecule has 0 radical (unpaired) electrons. The first-order valence-electron chi connectivity index (χ1n) is 3.75. The summed E-state index contributed by atoms with van der Waals surface area (Å²) in [4.78, 5) is 1.19. The quantitative estimate of drug-likeness (QED) is 0.777. The number of rotatable bonds is 3. The first kappa shape index (κ1) is 9.04. The van der Waals surface area contributed by atoms with Crippen LogP contribution in [0.25, 0.3) is 0 Å². The van der Waals surface area contributed by atoms with Gasteiger partial charge in [0.1, 0.15) is 0 Å². The summed E-state index contributed by atoms with van der Waals surface area (Å²) in [5.74, 6) is 0. The monoisotopic (exact) mass is 189 g/mol. The largest absolute Gasteiger partial charge is 0.323 e. The van der Waals surface area contributed by atoms with Crippen LogP contribution in [0.5, 0.6) is 0 Å². The van der Waals surface area contributed by atoms with Crippen LogP contribution >= 0.6 is 22.9 Å². The summed E-state index contributed by atoms with van der Waals surface area (Å²) in [5, 5.41) is 0. The molecule has 1 aromatic rings. The van der Waals surface area contributed by atoms with Crippen LogP contribution in [-0.2, 0) is 0 Å². The average molecular weight is 190 g/mol. The molecule has 1 nitrogen and oxygen atoms in total. The summed E-state index contributed by atoms with van der Waals surface area (Å²) in [6.07, 6.45) is 2.16. The Morgan fingerprint density at radius 1 is 1.64 bits per heavy atom. The molecule has 0 saturated heterocycles. The van der Waals surface area contributed by atoms with Crippen LogP contribution in [0.3, 0.4) is 0 Å². The maximum atomic E-state index is 5.87. The van der Waals surface area contributed by atoms with Crippen LogP contribution in [-0.4, -0.2) is 0 Å². The van der Waals surface area contributed by atoms with Crippen LogP contribution in [0, 0.1) is 0 Å². The Balaban J connectivity index is 2.60. The van der Waals surface area contributed by atoms with Crippen LogP contribution in [0.2, 0.25) is 4.34 Å². The number of hydrogen-bond donors (Lipinski definition) is 1. The van der Waals surface area contributed by atoms with E-state index in [2.05, 4.69) is 6.92 Å². The van der Waals surface area contributed by atoms with E-state index in [-0.39, 0.29) is 6.04 Å². The highest BCUT2D eigenvalue weighted by Gasteiger charge is 2.06. The van der Waals surface area contributed by atoms with Crippen LogP contribution in [0.15, 0.2) is 12.1 Å². The summed E-state index contributed by atoms with van der Waals surface area (Å²) >= 11 is 7.34. The van der Waals surface area contributed by atoms with Gasteiger partial charge in [-0.1, -0.05) is 24.9 Å². The Bertz CT molecular complexity index is 222. The van der Waals surface area contributed by atoms with Gasteiger partial charge in [0.05, 0.1) is 4.34 Å². The molecule has 3 heteroatoms. The number of thiophene rings is 1. The molecule has 0 aliphatic carbocycles. The van der Waals surface area contributed by atoms with Gasteiger partial charge in [-0.3, -0.25) is 0 Å². The van der Waals surface area contributed by atoms with Crippen LogP contribution < -0.4 is 5.73 Å². The minimum atomic E-state index is 0.178. The molecule has 1 rings (SSSR count). The molecule has 0 unspecified atom stereocenters. The van der Waals surface area contributed by atoms with Gasteiger partial charge in [-0.2, -0.15) is 0 Å². The maximum absolute atomic E-state index is 5.87. The van der Waals surface area contributed by atoms with Gasteiger partial charge in [-0.05, 0) is 18.6 Å². The van der Waals surface area contributed by atoms with Gasteiger partial charge in [0.2, 0.25) is 0 Å². The molecule has 0 saturated carbocycles. The molecule has 0 aliphatic rings. The fraction of sp³-hybridized carbons (Fsp3) is 0.500. The third kappa shape index (κ3) is 2.47. The minimum Gasteiger partial charge on any atom is -0.323 e. The van der Waals surface area contributed by atoms with E-state index >= 15 is 0 Å². The second-order valence-electron chi connectivity index (χ2n) is 2.54. The van der Waals surface area contributed by atoms with Gasteiger partial charge in [-0.25, -0.2) is 0 Å². The summed E-state index contributed by atoms with van der Waals surface area (Å²) in [6, 6.07) is 4.09. The molecule has 0 aromatic carbocycles. The molecule has 0 amide bonds. The lowest BCUT2D eigenvalue weighted by molar-refractivity contribution is 0.648.